The quantitative estimate of drug-likeness (QED) is 0.686. The molecule has 0 aliphatic carbocycles. The second kappa shape index (κ2) is 4.10. The lowest BCUT2D eigenvalue weighted by Gasteiger charge is -2.07. The summed E-state index contributed by atoms with van der Waals surface area (Å²) in [6.45, 7) is 6.93. The number of ether oxygens (including phenoxy) is 1. The van der Waals surface area contributed by atoms with Crippen LogP contribution in [0.15, 0.2) is 18.2 Å². The number of pyridine rings is 1. The van der Waals surface area contributed by atoms with E-state index >= 15 is 0 Å². The van der Waals surface area contributed by atoms with Gasteiger partial charge in [0.05, 0.1) is 6.61 Å². The molecule has 0 aliphatic heterocycles. The molecule has 1 aromatic rings. The number of aromatic nitrogens is 1. The number of aryl methyl sites for hydroxylation is 1. The van der Waals surface area contributed by atoms with E-state index in [4.69, 9.17) is 4.74 Å². The number of rotatable bonds is 3. The minimum Gasteiger partial charge on any atom is -0.477 e. The van der Waals surface area contributed by atoms with Crippen LogP contribution in [0.25, 0.3) is 0 Å². The molecule has 2 heteroatoms. The Bertz CT molecular complexity index is 245. The molecule has 2 nitrogen and oxygen atoms in total. The van der Waals surface area contributed by atoms with E-state index in [1.54, 1.807) is 0 Å². The predicted octanol–water partition coefficient (Wildman–Crippen LogP) is 2.42. The zero-order valence-corrected chi connectivity index (χ0v) is 7.87. The maximum Gasteiger partial charge on any atom is 0.213 e. The van der Waals surface area contributed by atoms with Gasteiger partial charge in [0.25, 0.3) is 0 Å². The van der Waals surface area contributed by atoms with E-state index in [1.165, 1.54) is 0 Å². The predicted molar refractivity (Wildman–Crippen MR) is 49.3 cm³/mol. The van der Waals surface area contributed by atoms with Crippen LogP contribution in [0.5, 0.6) is 5.88 Å². The van der Waals surface area contributed by atoms with Crippen molar-refractivity contribution in [2.24, 2.45) is 5.92 Å². The van der Waals surface area contributed by atoms with E-state index in [0.29, 0.717) is 5.92 Å². The molecular weight excluding hydrogens is 150 g/mol. The zero-order valence-electron chi connectivity index (χ0n) is 7.87. The van der Waals surface area contributed by atoms with Gasteiger partial charge in [0.15, 0.2) is 0 Å². The first-order valence-corrected chi connectivity index (χ1v) is 4.25. The van der Waals surface area contributed by atoms with Crippen LogP contribution >= 0.6 is 0 Å². The number of nitrogens with zero attached hydrogens (tertiary/aromatic N) is 1. The maximum absolute atomic E-state index is 5.44. The Labute approximate surface area is 73.6 Å². The summed E-state index contributed by atoms with van der Waals surface area (Å²) in [6, 6.07) is 5.80. The van der Waals surface area contributed by atoms with Crippen molar-refractivity contribution >= 4 is 0 Å². The van der Waals surface area contributed by atoms with E-state index in [1.807, 2.05) is 25.1 Å². The van der Waals surface area contributed by atoms with Crippen molar-refractivity contribution in [3.8, 4) is 5.88 Å². The lowest BCUT2D eigenvalue weighted by Crippen LogP contribution is -2.05. The molecule has 0 atom stereocenters. The molecule has 0 saturated carbocycles. The zero-order chi connectivity index (χ0) is 8.97. The first-order chi connectivity index (χ1) is 5.68. The molecule has 0 aromatic carbocycles. The van der Waals surface area contributed by atoms with Gasteiger partial charge < -0.3 is 4.74 Å². The maximum atomic E-state index is 5.44. The van der Waals surface area contributed by atoms with Crippen molar-refractivity contribution in [2.75, 3.05) is 6.61 Å². The SMILES string of the molecule is Cc1cccc(OCC(C)C)n1. The van der Waals surface area contributed by atoms with Crippen molar-refractivity contribution in [1.82, 2.24) is 4.98 Å². The van der Waals surface area contributed by atoms with Gasteiger partial charge in [-0.3, -0.25) is 0 Å². The summed E-state index contributed by atoms with van der Waals surface area (Å²) in [4.78, 5) is 4.22. The standard InChI is InChI=1S/C10H15NO/c1-8(2)7-12-10-6-4-5-9(3)11-10/h4-6,8H,7H2,1-3H3. The average molecular weight is 165 g/mol. The molecule has 0 fully saturated rings. The third-order valence-electron chi connectivity index (χ3n) is 1.43. The van der Waals surface area contributed by atoms with Crippen molar-refractivity contribution < 1.29 is 4.74 Å². The molecular formula is C10H15NO. The largest absolute Gasteiger partial charge is 0.477 e. The van der Waals surface area contributed by atoms with E-state index in [0.717, 1.165) is 18.2 Å². The molecule has 1 aromatic heterocycles. The van der Waals surface area contributed by atoms with Crippen LogP contribution in [-0.4, -0.2) is 11.6 Å². The second-order valence-corrected chi connectivity index (χ2v) is 3.32. The molecule has 1 rings (SSSR count). The minimum atomic E-state index is 0.548. The molecule has 0 radical (unpaired) electrons. The fraction of sp³-hybridized carbons (Fsp3) is 0.500. The Morgan fingerprint density at radius 2 is 2.17 bits per heavy atom. The fourth-order valence-corrected chi connectivity index (χ4v) is 0.850. The number of hydrogen-bond acceptors (Lipinski definition) is 2. The van der Waals surface area contributed by atoms with Gasteiger partial charge in [0.2, 0.25) is 5.88 Å². The molecule has 0 N–H and O–H groups in total. The topological polar surface area (TPSA) is 22.1 Å². The van der Waals surface area contributed by atoms with Gasteiger partial charge in [-0.2, -0.15) is 0 Å². The van der Waals surface area contributed by atoms with Crippen molar-refractivity contribution in [2.45, 2.75) is 20.8 Å². The Morgan fingerprint density at radius 3 is 2.75 bits per heavy atom. The third kappa shape index (κ3) is 2.91. The molecule has 0 aliphatic rings. The van der Waals surface area contributed by atoms with Gasteiger partial charge in [-0.05, 0) is 18.9 Å². The van der Waals surface area contributed by atoms with Crippen LogP contribution in [0, 0.1) is 12.8 Å². The molecule has 0 unspecified atom stereocenters. The van der Waals surface area contributed by atoms with Gasteiger partial charge in [0.1, 0.15) is 0 Å². The van der Waals surface area contributed by atoms with Crippen LogP contribution in [0.4, 0.5) is 0 Å². The molecule has 0 spiro atoms. The first kappa shape index (κ1) is 9.04. The van der Waals surface area contributed by atoms with E-state index in [9.17, 15) is 0 Å². The van der Waals surface area contributed by atoms with Crippen LogP contribution < -0.4 is 4.74 Å². The normalized spacial score (nSPS) is 10.3. The van der Waals surface area contributed by atoms with Crippen LogP contribution in [0.3, 0.4) is 0 Å². The van der Waals surface area contributed by atoms with Crippen molar-refractivity contribution in [3.63, 3.8) is 0 Å². The number of hydrogen-bond donors (Lipinski definition) is 0. The highest BCUT2D eigenvalue weighted by Crippen LogP contribution is 2.07. The van der Waals surface area contributed by atoms with Crippen LogP contribution in [0.1, 0.15) is 19.5 Å². The summed E-state index contributed by atoms with van der Waals surface area (Å²) in [5, 5.41) is 0. The van der Waals surface area contributed by atoms with E-state index in [2.05, 4.69) is 18.8 Å². The Morgan fingerprint density at radius 1 is 1.42 bits per heavy atom. The second-order valence-electron chi connectivity index (χ2n) is 3.32. The van der Waals surface area contributed by atoms with Crippen molar-refractivity contribution in [3.05, 3.63) is 23.9 Å². The summed E-state index contributed by atoms with van der Waals surface area (Å²) >= 11 is 0. The lowest BCUT2D eigenvalue weighted by molar-refractivity contribution is 0.261. The van der Waals surface area contributed by atoms with Gasteiger partial charge in [-0.25, -0.2) is 4.98 Å². The Hall–Kier alpha value is -1.05. The summed E-state index contributed by atoms with van der Waals surface area (Å²) < 4.78 is 5.44. The van der Waals surface area contributed by atoms with Crippen LogP contribution in [-0.2, 0) is 0 Å². The third-order valence-corrected chi connectivity index (χ3v) is 1.43. The minimum absolute atomic E-state index is 0.548. The Kier molecular flexibility index (Phi) is 3.09. The molecule has 0 amide bonds. The fourth-order valence-electron chi connectivity index (χ4n) is 0.850. The average Bonchev–Trinajstić information content (AvgIpc) is 2.01. The van der Waals surface area contributed by atoms with Crippen molar-refractivity contribution in [1.29, 1.82) is 0 Å². The summed E-state index contributed by atoms with van der Waals surface area (Å²) in [5.74, 6) is 1.27. The molecule has 66 valence electrons. The van der Waals surface area contributed by atoms with Gasteiger partial charge in [0, 0.05) is 11.8 Å². The van der Waals surface area contributed by atoms with Gasteiger partial charge in [-0.1, -0.05) is 19.9 Å². The lowest BCUT2D eigenvalue weighted by atomic mass is 10.2. The molecule has 12 heavy (non-hydrogen) atoms. The summed E-state index contributed by atoms with van der Waals surface area (Å²) in [5.41, 5.74) is 0.997. The highest BCUT2D eigenvalue weighted by molar-refractivity contribution is 5.14. The summed E-state index contributed by atoms with van der Waals surface area (Å²) in [6.07, 6.45) is 0. The van der Waals surface area contributed by atoms with E-state index in [-0.39, 0.29) is 0 Å². The monoisotopic (exact) mass is 165 g/mol. The highest BCUT2D eigenvalue weighted by Gasteiger charge is 1.97. The van der Waals surface area contributed by atoms with E-state index < -0.39 is 0 Å². The Balaban J connectivity index is 2.52. The van der Waals surface area contributed by atoms with Gasteiger partial charge in [-0.15, -0.1) is 0 Å². The molecule has 0 bridgehead atoms. The molecule has 1 heterocycles. The first-order valence-electron chi connectivity index (χ1n) is 4.25. The van der Waals surface area contributed by atoms with Gasteiger partial charge >= 0.3 is 0 Å². The smallest absolute Gasteiger partial charge is 0.213 e. The summed E-state index contributed by atoms with van der Waals surface area (Å²) in [7, 11) is 0. The van der Waals surface area contributed by atoms with Crippen LogP contribution in [0.2, 0.25) is 0 Å². The molecule has 0 saturated heterocycles. The highest BCUT2D eigenvalue weighted by atomic mass is 16.5.